The highest BCUT2D eigenvalue weighted by Crippen LogP contribution is 2.42. The Hall–Kier alpha value is -1.84. The molecule has 1 saturated carbocycles. The van der Waals surface area contributed by atoms with Gasteiger partial charge < -0.3 is 4.90 Å². The molecule has 1 aromatic carbocycles. The monoisotopic (exact) mass is 446 g/mol. The van der Waals surface area contributed by atoms with E-state index < -0.39 is 0 Å². The highest BCUT2D eigenvalue weighted by molar-refractivity contribution is 8.00. The first kappa shape index (κ1) is 19.1. The molecule has 0 N–H and O–H groups in total. The molecule has 1 unspecified atom stereocenters. The zero-order valence-electron chi connectivity index (χ0n) is 15.5. The molecule has 1 aliphatic carbocycles. The molecule has 0 spiro atoms. The molecule has 2 aromatic heterocycles. The highest BCUT2D eigenvalue weighted by atomic mass is 32.2. The number of nitrogens with zero attached hydrogens (tertiary/aromatic N) is 4. The SMILES string of the molecule is O=C(CSc1nnc(-c2cccs2)n1C1CC1)N1CCSC1c1ccccc1F. The molecule has 2 fully saturated rings. The number of thiophene rings is 1. The normalized spacial score (nSPS) is 19.1. The summed E-state index contributed by atoms with van der Waals surface area (Å²) >= 11 is 4.69. The van der Waals surface area contributed by atoms with Crippen molar-refractivity contribution in [2.24, 2.45) is 0 Å². The lowest BCUT2D eigenvalue weighted by Gasteiger charge is -2.24. The average Bonchev–Trinajstić information content (AvgIpc) is 3.16. The molecule has 3 heterocycles. The van der Waals surface area contributed by atoms with Gasteiger partial charge in [-0.2, -0.15) is 0 Å². The van der Waals surface area contributed by atoms with Crippen molar-refractivity contribution < 1.29 is 9.18 Å². The third-order valence-electron chi connectivity index (χ3n) is 5.03. The Labute approximate surface area is 180 Å². The third-order valence-corrected chi connectivity index (χ3v) is 8.06. The zero-order chi connectivity index (χ0) is 19.8. The van der Waals surface area contributed by atoms with Gasteiger partial charge in [0.15, 0.2) is 11.0 Å². The Kier molecular flexibility index (Phi) is 5.36. The first-order valence-corrected chi connectivity index (χ1v) is 12.4. The number of hydrogen-bond acceptors (Lipinski definition) is 6. The predicted octanol–water partition coefficient (Wildman–Crippen LogP) is 4.85. The summed E-state index contributed by atoms with van der Waals surface area (Å²) in [5, 5.41) is 11.3. The van der Waals surface area contributed by atoms with E-state index in [1.165, 1.54) is 17.8 Å². The Bertz CT molecular complexity index is 1020. The molecule has 2 aliphatic rings. The third kappa shape index (κ3) is 3.83. The fraction of sp³-hybridized carbons (Fsp3) is 0.350. The van der Waals surface area contributed by atoms with Crippen molar-refractivity contribution in [3.05, 3.63) is 53.2 Å². The minimum Gasteiger partial charge on any atom is -0.325 e. The van der Waals surface area contributed by atoms with Crippen molar-refractivity contribution in [3.8, 4) is 10.7 Å². The maximum Gasteiger partial charge on any atom is 0.234 e. The van der Waals surface area contributed by atoms with Gasteiger partial charge >= 0.3 is 0 Å². The first-order valence-electron chi connectivity index (χ1n) is 9.49. The summed E-state index contributed by atoms with van der Waals surface area (Å²) in [6.45, 7) is 0.638. The molecule has 3 aromatic rings. The van der Waals surface area contributed by atoms with Crippen LogP contribution in [0.15, 0.2) is 46.9 Å². The zero-order valence-corrected chi connectivity index (χ0v) is 18.0. The fourth-order valence-electron chi connectivity index (χ4n) is 3.48. The van der Waals surface area contributed by atoms with Crippen molar-refractivity contribution >= 4 is 40.8 Å². The largest absolute Gasteiger partial charge is 0.325 e. The Morgan fingerprint density at radius 3 is 2.83 bits per heavy atom. The van der Waals surface area contributed by atoms with E-state index in [0.717, 1.165) is 34.5 Å². The van der Waals surface area contributed by atoms with Gasteiger partial charge in [0.1, 0.15) is 11.2 Å². The fourth-order valence-corrected chi connectivity index (χ4v) is 6.37. The molecule has 0 bridgehead atoms. The summed E-state index contributed by atoms with van der Waals surface area (Å²) in [7, 11) is 0. The molecule has 1 aliphatic heterocycles. The molecule has 1 amide bonds. The number of aromatic nitrogens is 3. The van der Waals surface area contributed by atoms with E-state index in [2.05, 4.69) is 14.8 Å². The number of hydrogen-bond donors (Lipinski definition) is 0. The number of amides is 1. The van der Waals surface area contributed by atoms with Gasteiger partial charge in [0.25, 0.3) is 0 Å². The summed E-state index contributed by atoms with van der Waals surface area (Å²) < 4.78 is 16.4. The number of benzene rings is 1. The standard InChI is InChI=1S/C20H19FN4OS3/c21-15-5-2-1-4-14(15)19-24(9-11-28-19)17(26)12-29-20-23-22-18(16-6-3-10-27-16)25(20)13-7-8-13/h1-6,10,13,19H,7-9,11-12H2. The molecule has 5 rings (SSSR count). The number of carbonyl (C=O) groups excluding carboxylic acids is 1. The van der Waals surface area contributed by atoms with E-state index in [1.54, 1.807) is 40.1 Å². The van der Waals surface area contributed by atoms with Gasteiger partial charge in [-0.15, -0.1) is 33.3 Å². The quantitative estimate of drug-likeness (QED) is 0.507. The topological polar surface area (TPSA) is 51.0 Å². The van der Waals surface area contributed by atoms with Gasteiger partial charge in [0.2, 0.25) is 5.91 Å². The number of carbonyl (C=O) groups is 1. The highest BCUT2D eigenvalue weighted by Gasteiger charge is 2.34. The average molecular weight is 447 g/mol. The molecule has 5 nitrogen and oxygen atoms in total. The van der Waals surface area contributed by atoms with Crippen LogP contribution in [0.5, 0.6) is 0 Å². The lowest BCUT2D eigenvalue weighted by Crippen LogP contribution is -2.32. The van der Waals surface area contributed by atoms with Crippen LogP contribution in [-0.4, -0.2) is 43.6 Å². The molecule has 1 atom stereocenters. The molecular formula is C20H19FN4OS3. The molecule has 150 valence electrons. The predicted molar refractivity (Wildman–Crippen MR) is 116 cm³/mol. The van der Waals surface area contributed by atoms with E-state index in [0.29, 0.717) is 18.2 Å². The number of thioether (sulfide) groups is 2. The number of rotatable bonds is 6. The van der Waals surface area contributed by atoms with Gasteiger partial charge in [-0.25, -0.2) is 4.39 Å². The van der Waals surface area contributed by atoms with E-state index in [9.17, 15) is 9.18 Å². The van der Waals surface area contributed by atoms with Crippen molar-refractivity contribution in [2.45, 2.75) is 29.4 Å². The van der Waals surface area contributed by atoms with Crippen LogP contribution in [0.3, 0.4) is 0 Å². The first-order chi connectivity index (χ1) is 14.2. The second-order valence-electron chi connectivity index (χ2n) is 7.01. The Morgan fingerprint density at radius 1 is 1.21 bits per heavy atom. The van der Waals surface area contributed by atoms with E-state index in [4.69, 9.17) is 0 Å². The van der Waals surface area contributed by atoms with Gasteiger partial charge in [-0.1, -0.05) is 36.0 Å². The van der Waals surface area contributed by atoms with Crippen molar-refractivity contribution in [3.63, 3.8) is 0 Å². The second kappa shape index (κ2) is 8.12. The van der Waals surface area contributed by atoms with Crippen molar-refractivity contribution in [1.29, 1.82) is 0 Å². The van der Waals surface area contributed by atoms with Crippen LogP contribution in [0.1, 0.15) is 29.8 Å². The lowest BCUT2D eigenvalue weighted by atomic mass is 10.2. The van der Waals surface area contributed by atoms with Crippen molar-refractivity contribution in [1.82, 2.24) is 19.7 Å². The van der Waals surface area contributed by atoms with Crippen LogP contribution in [0, 0.1) is 5.82 Å². The Balaban J connectivity index is 1.32. The summed E-state index contributed by atoms with van der Waals surface area (Å²) in [5.41, 5.74) is 0.578. The van der Waals surface area contributed by atoms with E-state index >= 15 is 0 Å². The van der Waals surface area contributed by atoms with Gasteiger partial charge in [0, 0.05) is 23.9 Å². The molecule has 0 radical (unpaired) electrons. The molecule has 1 saturated heterocycles. The van der Waals surface area contributed by atoms with E-state index in [1.807, 2.05) is 23.6 Å². The van der Waals surface area contributed by atoms with Crippen LogP contribution in [0.2, 0.25) is 0 Å². The summed E-state index contributed by atoms with van der Waals surface area (Å²) in [6.07, 6.45) is 2.24. The van der Waals surface area contributed by atoms with Crippen LogP contribution in [0.4, 0.5) is 4.39 Å². The summed E-state index contributed by atoms with van der Waals surface area (Å²) in [4.78, 5) is 15.8. The van der Waals surface area contributed by atoms with Crippen LogP contribution >= 0.6 is 34.9 Å². The lowest BCUT2D eigenvalue weighted by molar-refractivity contribution is -0.128. The second-order valence-corrected chi connectivity index (χ2v) is 10.1. The molecular weight excluding hydrogens is 427 g/mol. The van der Waals surface area contributed by atoms with Crippen LogP contribution in [-0.2, 0) is 4.79 Å². The van der Waals surface area contributed by atoms with Gasteiger partial charge in [-0.05, 0) is 30.4 Å². The maximum absolute atomic E-state index is 14.2. The smallest absolute Gasteiger partial charge is 0.234 e. The van der Waals surface area contributed by atoms with Crippen LogP contribution < -0.4 is 0 Å². The summed E-state index contributed by atoms with van der Waals surface area (Å²) in [5.74, 6) is 1.73. The Morgan fingerprint density at radius 2 is 2.07 bits per heavy atom. The van der Waals surface area contributed by atoms with Crippen molar-refractivity contribution in [2.75, 3.05) is 18.1 Å². The summed E-state index contributed by atoms with van der Waals surface area (Å²) in [6, 6.07) is 11.2. The molecule has 29 heavy (non-hydrogen) atoms. The molecule has 9 heteroatoms. The van der Waals surface area contributed by atoms with E-state index in [-0.39, 0.29) is 22.9 Å². The maximum atomic E-state index is 14.2. The van der Waals surface area contributed by atoms with Gasteiger partial charge in [0.05, 0.1) is 10.6 Å². The van der Waals surface area contributed by atoms with Crippen LogP contribution in [0.25, 0.3) is 10.7 Å². The number of halogens is 1. The van der Waals surface area contributed by atoms with Gasteiger partial charge in [-0.3, -0.25) is 9.36 Å². The minimum absolute atomic E-state index is 0.0104. The minimum atomic E-state index is -0.258.